The van der Waals surface area contributed by atoms with Gasteiger partial charge < -0.3 is 15.1 Å². The van der Waals surface area contributed by atoms with E-state index in [1.165, 1.54) is 18.8 Å². The number of carbonyl (C=O) groups excluding carboxylic acids is 2. The number of anilines is 1. The van der Waals surface area contributed by atoms with Gasteiger partial charge in [-0.25, -0.2) is 0 Å². The number of benzene rings is 1. The summed E-state index contributed by atoms with van der Waals surface area (Å²) in [5, 5.41) is 19.4. The lowest BCUT2D eigenvalue weighted by Crippen LogP contribution is -2.38. The van der Waals surface area contributed by atoms with Gasteiger partial charge in [-0.15, -0.1) is 11.3 Å². The van der Waals surface area contributed by atoms with Crippen LogP contribution in [0.25, 0.3) is 11.3 Å². The minimum Gasteiger partial charge on any atom is -0.480 e. The summed E-state index contributed by atoms with van der Waals surface area (Å²) in [6.07, 6.45) is 2.42. The number of carbonyl (C=O) groups is 4. The average Bonchev–Trinajstić information content (AvgIpc) is 3.48. The first-order valence-electron chi connectivity index (χ1n) is 12.7. The van der Waals surface area contributed by atoms with E-state index in [-0.39, 0.29) is 33.0 Å². The lowest BCUT2D eigenvalue weighted by molar-refractivity contribution is -0.138. The van der Waals surface area contributed by atoms with Crippen LogP contribution in [0.1, 0.15) is 29.3 Å². The highest BCUT2D eigenvalue weighted by molar-refractivity contribution is 8.03. The molecule has 18 heteroatoms. The Bertz CT molecular complexity index is 1940. The maximum Gasteiger partial charge on any atom is 0.323 e. The normalized spacial score (nSPS) is 17.9. The maximum atomic E-state index is 13.6. The van der Waals surface area contributed by atoms with E-state index < -0.39 is 52.4 Å². The van der Waals surface area contributed by atoms with Crippen LogP contribution in [0.2, 0.25) is 0 Å². The Morgan fingerprint density at radius 3 is 2.34 bits per heavy atom. The van der Waals surface area contributed by atoms with Crippen LogP contribution in [-0.4, -0.2) is 92.7 Å². The number of nitrogens with zero attached hydrogens (tertiary/aromatic N) is 4. The number of fused-ring (bicyclic) bond motifs is 1. The topological polar surface area (TPSA) is 195 Å². The largest absolute Gasteiger partial charge is 0.480 e. The molecular formula is C26H26N4O10S4. The lowest BCUT2D eigenvalue weighted by Gasteiger charge is -2.21. The molecule has 0 saturated carbocycles. The Labute approximate surface area is 263 Å². The third-order valence-electron chi connectivity index (χ3n) is 6.70. The molecule has 0 radical (unpaired) electrons. The first kappa shape index (κ1) is 33.1. The second-order valence-electron chi connectivity index (χ2n) is 9.85. The summed E-state index contributed by atoms with van der Waals surface area (Å²) in [6, 6.07) is 3.47. The van der Waals surface area contributed by atoms with Crippen LogP contribution in [0, 0.1) is 6.92 Å². The van der Waals surface area contributed by atoms with Gasteiger partial charge >= 0.3 is 11.9 Å². The third-order valence-corrected chi connectivity index (χ3v) is 10.4. The number of carboxylic acid groups (broad SMARTS) is 2. The summed E-state index contributed by atoms with van der Waals surface area (Å²) in [7, 11) is -2.88. The van der Waals surface area contributed by atoms with E-state index in [0.717, 1.165) is 32.0 Å². The van der Waals surface area contributed by atoms with E-state index in [9.17, 15) is 47.2 Å². The van der Waals surface area contributed by atoms with E-state index in [1.807, 2.05) is 0 Å². The van der Waals surface area contributed by atoms with Crippen molar-refractivity contribution in [2.45, 2.75) is 31.7 Å². The Morgan fingerprint density at radius 1 is 1.09 bits per heavy atom. The number of hydrogen-bond donors (Lipinski definition) is 3. The summed E-state index contributed by atoms with van der Waals surface area (Å²) < 4.78 is 32.8. The zero-order valence-electron chi connectivity index (χ0n) is 23.5. The molecular weight excluding hydrogens is 657 g/mol. The van der Waals surface area contributed by atoms with Crippen molar-refractivity contribution in [3.05, 3.63) is 53.9 Å². The molecule has 44 heavy (non-hydrogen) atoms. The van der Waals surface area contributed by atoms with Gasteiger partial charge in [0.15, 0.2) is 5.11 Å². The molecule has 1 fully saturated rings. The summed E-state index contributed by atoms with van der Waals surface area (Å²) >= 11 is 7.31. The van der Waals surface area contributed by atoms with Crippen molar-refractivity contribution in [2.24, 2.45) is 0 Å². The van der Waals surface area contributed by atoms with E-state index in [4.69, 9.17) is 12.2 Å². The van der Waals surface area contributed by atoms with Crippen LogP contribution < -0.4 is 19.7 Å². The predicted molar refractivity (Wildman–Crippen MR) is 167 cm³/mol. The van der Waals surface area contributed by atoms with Crippen molar-refractivity contribution in [3.8, 4) is 0 Å². The Morgan fingerprint density at radius 2 is 1.75 bits per heavy atom. The summed E-state index contributed by atoms with van der Waals surface area (Å²) in [5.74, 6) is -3.86. The molecule has 3 heterocycles. The number of amides is 1. The number of carboxylic acids is 2. The number of likely N-dealkylation sites (N-methyl/N-ethyl adjacent to an activating group) is 1. The first-order chi connectivity index (χ1) is 20.5. The number of aryl methyl sites for hydroxylation is 1. The van der Waals surface area contributed by atoms with Gasteiger partial charge in [-0.05, 0) is 61.8 Å². The van der Waals surface area contributed by atoms with Crippen molar-refractivity contribution in [1.82, 2.24) is 14.4 Å². The molecule has 0 aliphatic carbocycles. The lowest BCUT2D eigenvalue weighted by atomic mass is 10.1. The van der Waals surface area contributed by atoms with E-state index in [2.05, 4.69) is 0 Å². The Hall–Kier alpha value is -3.84. The number of thiazole rings is 1. The second-order valence-corrected chi connectivity index (χ2v) is 13.8. The molecule has 4 rings (SSSR count). The van der Waals surface area contributed by atoms with Crippen molar-refractivity contribution in [3.63, 3.8) is 0 Å². The monoisotopic (exact) mass is 682 g/mol. The van der Waals surface area contributed by atoms with E-state index in [1.54, 1.807) is 37.0 Å². The number of aromatic nitrogens is 1. The van der Waals surface area contributed by atoms with Gasteiger partial charge in [0.05, 0.1) is 21.0 Å². The number of thiocarbonyl (C=S) groups is 1. The van der Waals surface area contributed by atoms with Crippen molar-refractivity contribution in [1.29, 1.82) is 0 Å². The number of hydrogen-bond acceptors (Lipinski definition) is 11. The fourth-order valence-electron chi connectivity index (χ4n) is 4.63. The molecule has 1 aromatic heterocycles. The number of rotatable bonds is 10. The molecule has 0 bridgehead atoms. The molecule has 1 aromatic carbocycles. The maximum absolute atomic E-state index is 13.6. The highest BCUT2D eigenvalue weighted by Gasteiger charge is 2.39. The predicted octanol–water partition coefficient (Wildman–Crippen LogP) is 0.269. The van der Waals surface area contributed by atoms with E-state index in [0.29, 0.717) is 32.3 Å². The molecule has 0 atom stereocenters. The van der Waals surface area contributed by atoms with Gasteiger partial charge in [0.25, 0.3) is 21.6 Å². The minimum absolute atomic E-state index is 0.0611. The molecule has 0 spiro atoms. The highest BCUT2D eigenvalue weighted by Crippen LogP contribution is 2.47. The first-order valence-corrected chi connectivity index (χ1v) is 16.4. The summed E-state index contributed by atoms with van der Waals surface area (Å²) in [5.41, 5.74) is 1.25. The molecule has 0 unspecified atom stereocenters. The second kappa shape index (κ2) is 12.6. The fourth-order valence-corrected chi connectivity index (χ4v) is 7.75. The van der Waals surface area contributed by atoms with Crippen LogP contribution in [-0.2, 0) is 31.0 Å². The quantitative estimate of drug-likeness (QED) is 0.176. The number of allylic oxidation sites excluding steroid dienone is 1. The molecule has 3 N–H and O–H groups in total. The zero-order chi connectivity index (χ0) is 32.7. The van der Waals surface area contributed by atoms with Crippen LogP contribution >= 0.6 is 35.3 Å². The molecule has 234 valence electrons. The molecule has 1 amide bonds. The molecule has 2 aliphatic rings. The fraction of sp³-hybridized carbons (Fsp3) is 0.308. The average molecular weight is 683 g/mol. The van der Waals surface area contributed by atoms with Gasteiger partial charge in [0.1, 0.15) is 29.7 Å². The van der Waals surface area contributed by atoms with Crippen LogP contribution in [0.4, 0.5) is 5.69 Å². The minimum atomic E-state index is -4.22. The van der Waals surface area contributed by atoms with Crippen LogP contribution in [0.5, 0.6) is 0 Å². The van der Waals surface area contributed by atoms with Crippen LogP contribution in [0.15, 0.2) is 32.9 Å². The number of aldehydes is 1. The number of aliphatic carboxylic acids is 2. The van der Waals surface area contributed by atoms with Crippen molar-refractivity contribution >= 4 is 91.6 Å². The van der Waals surface area contributed by atoms with Gasteiger partial charge in [-0.3, -0.25) is 42.9 Å². The molecule has 14 nitrogen and oxygen atoms in total. The SMILES string of the molecule is CC(C=C1Sc2cc(C=O)c(C)cc2N1CCCS(=O)(=O)O)=c1s/c(=C2\C(=O)N(C)C(=S)N2CC(=O)O)n(CC(=O)O)c1=O. The number of thioether (sulfide) groups is 1. The van der Waals surface area contributed by atoms with Gasteiger partial charge in [0, 0.05) is 24.1 Å². The Kier molecular flexibility index (Phi) is 9.50. The van der Waals surface area contributed by atoms with Crippen LogP contribution in [0.3, 0.4) is 0 Å². The molecule has 2 aliphatic heterocycles. The van der Waals surface area contributed by atoms with Gasteiger partial charge in [-0.1, -0.05) is 11.8 Å². The van der Waals surface area contributed by atoms with Gasteiger partial charge in [0.2, 0.25) is 0 Å². The van der Waals surface area contributed by atoms with Gasteiger partial charge in [-0.2, -0.15) is 8.42 Å². The van der Waals surface area contributed by atoms with Crippen molar-refractivity contribution < 1.29 is 42.4 Å². The highest BCUT2D eigenvalue weighted by atomic mass is 32.2. The third kappa shape index (κ3) is 6.63. The summed E-state index contributed by atoms with van der Waals surface area (Å²) in [6.45, 7) is 2.02. The van der Waals surface area contributed by atoms with E-state index >= 15 is 0 Å². The summed E-state index contributed by atoms with van der Waals surface area (Å²) in [4.78, 5) is 66.1. The standard InChI is InChI=1S/C26H26N4O10S4/c1-13-7-16-17(9-15(13)12-31)42-18(28(16)5-4-6-44(38,39)40)8-14(2)22-24(37)30(11-20(34)35)25(43-22)21-23(36)27(3)26(41)29(21)10-19(32)33/h7-9,12H,4-6,10-11H2,1-3H3,(H,32,33)(H,34,35)(H,38,39,40)/b18-8?,22-14?,25-21+. The molecule has 2 aromatic rings. The Balaban J connectivity index is 1.94. The zero-order valence-corrected chi connectivity index (χ0v) is 26.7. The van der Waals surface area contributed by atoms with Crippen molar-refractivity contribution in [2.75, 3.05) is 30.8 Å². The molecule has 1 saturated heterocycles. The smallest absolute Gasteiger partial charge is 0.323 e.